The van der Waals surface area contributed by atoms with Gasteiger partial charge >= 0.3 is 0 Å². The van der Waals surface area contributed by atoms with Gasteiger partial charge in [0.2, 0.25) is 5.91 Å². The molecule has 0 spiro atoms. The van der Waals surface area contributed by atoms with E-state index in [1.165, 1.54) is 21.9 Å². The Morgan fingerprint density at radius 3 is 2.64 bits per heavy atom. The van der Waals surface area contributed by atoms with E-state index < -0.39 is 0 Å². The molecule has 0 fully saturated rings. The minimum atomic E-state index is -0.161. The van der Waals surface area contributed by atoms with Crippen molar-refractivity contribution in [1.29, 1.82) is 0 Å². The maximum absolute atomic E-state index is 12.5. The van der Waals surface area contributed by atoms with E-state index in [9.17, 15) is 9.59 Å². The van der Waals surface area contributed by atoms with Crippen molar-refractivity contribution in [3.05, 3.63) is 82.6 Å². The van der Waals surface area contributed by atoms with Crippen LogP contribution in [0.3, 0.4) is 0 Å². The van der Waals surface area contributed by atoms with Crippen molar-refractivity contribution in [2.45, 2.75) is 12.1 Å². The van der Waals surface area contributed by atoms with Gasteiger partial charge in [0.25, 0.3) is 5.56 Å². The van der Waals surface area contributed by atoms with Gasteiger partial charge in [-0.1, -0.05) is 30.0 Å². The van der Waals surface area contributed by atoms with Gasteiger partial charge in [0.05, 0.1) is 26.9 Å². The van der Waals surface area contributed by atoms with Crippen LogP contribution in [0.4, 0.5) is 5.69 Å². The molecule has 5 rings (SSSR count). The lowest BCUT2D eigenvalue weighted by Crippen LogP contribution is -2.21. The van der Waals surface area contributed by atoms with E-state index in [4.69, 9.17) is 4.98 Å². The number of rotatable bonds is 5. The van der Waals surface area contributed by atoms with Gasteiger partial charge in [-0.2, -0.15) is 0 Å². The Kier molecular flexibility index (Phi) is 5.70. The van der Waals surface area contributed by atoms with E-state index in [-0.39, 0.29) is 17.2 Å². The Bertz CT molecular complexity index is 1560. The molecule has 164 valence electrons. The molecule has 0 saturated carbocycles. The van der Waals surface area contributed by atoms with E-state index in [2.05, 4.69) is 29.4 Å². The summed E-state index contributed by atoms with van der Waals surface area (Å²) < 4.78 is 2.64. The summed E-state index contributed by atoms with van der Waals surface area (Å²) in [5.41, 5.74) is 4.44. The number of carbonyl (C=O) groups excluding carboxylic acids is 1. The zero-order valence-electron chi connectivity index (χ0n) is 18.0. The summed E-state index contributed by atoms with van der Waals surface area (Å²) in [5.74, 6) is -0.0111. The number of carbonyl (C=O) groups is 1. The van der Waals surface area contributed by atoms with Gasteiger partial charge in [-0.25, -0.2) is 9.97 Å². The highest BCUT2D eigenvalue weighted by Crippen LogP contribution is 2.31. The number of benzene rings is 3. The number of nitrogens with zero attached hydrogens (tertiary/aromatic N) is 3. The molecule has 8 heteroatoms. The van der Waals surface area contributed by atoms with Gasteiger partial charge in [-0.3, -0.25) is 14.2 Å². The summed E-state index contributed by atoms with van der Waals surface area (Å²) in [6.45, 7) is 2.07. The maximum Gasteiger partial charge on any atom is 0.261 e. The quantitative estimate of drug-likeness (QED) is 0.279. The van der Waals surface area contributed by atoms with Crippen molar-refractivity contribution in [2.24, 2.45) is 7.05 Å². The van der Waals surface area contributed by atoms with Crippen molar-refractivity contribution in [2.75, 3.05) is 11.1 Å². The number of thiazole rings is 1. The summed E-state index contributed by atoms with van der Waals surface area (Å²) in [7, 11) is 1.67. The summed E-state index contributed by atoms with van der Waals surface area (Å²) in [6.07, 6.45) is 0. The predicted octanol–water partition coefficient (Wildman–Crippen LogP) is 5.25. The fourth-order valence-electron chi connectivity index (χ4n) is 3.51. The number of amides is 1. The molecule has 2 aromatic heterocycles. The number of hydrogen-bond acceptors (Lipinski definition) is 6. The largest absolute Gasteiger partial charge is 0.325 e. The lowest BCUT2D eigenvalue weighted by atomic mass is 10.2. The van der Waals surface area contributed by atoms with E-state index >= 15 is 0 Å². The average molecular weight is 473 g/mol. The number of aryl methyl sites for hydroxylation is 1. The van der Waals surface area contributed by atoms with Crippen molar-refractivity contribution in [3.63, 3.8) is 0 Å². The number of hydrogen-bond donors (Lipinski definition) is 1. The number of thioether (sulfide) groups is 1. The molecule has 0 unspecified atom stereocenters. The van der Waals surface area contributed by atoms with Gasteiger partial charge in [0, 0.05) is 18.3 Å². The Morgan fingerprint density at radius 1 is 1.03 bits per heavy atom. The smallest absolute Gasteiger partial charge is 0.261 e. The third kappa shape index (κ3) is 4.40. The highest BCUT2D eigenvalue weighted by molar-refractivity contribution is 7.99. The standard InChI is InChI=1S/C25H20N4O2S2/c1-15-7-12-20-21(13-15)33-23(27-20)16-8-10-17(11-9-16)26-22(30)14-32-25-28-19-6-4-3-5-18(19)24(31)29(25)2/h3-13H,14H2,1-2H3,(H,26,30). The first-order chi connectivity index (χ1) is 16.0. The highest BCUT2D eigenvalue weighted by Gasteiger charge is 2.12. The summed E-state index contributed by atoms with van der Waals surface area (Å²) in [6, 6.07) is 21.1. The topological polar surface area (TPSA) is 76.9 Å². The molecular formula is C25H20N4O2S2. The molecule has 0 aliphatic heterocycles. The number of aromatic nitrogens is 3. The minimum absolute atomic E-state index is 0.121. The molecule has 0 atom stereocenters. The van der Waals surface area contributed by atoms with Crippen molar-refractivity contribution < 1.29 is 4.79 Å². The Morgan fingerprint density at radius 2 is 1.82 bits per heavy atom. The summed E-state index contributed by atoms with van der Waals surface area (Å²) >= 11 is 2.90. The second-order valence-electron chi connectivity index (χ2n) is 7.68. The van der Waals surface area contributed by atoms with E-state index in [0.29, 0.717) is 21.7 Å². The Hall–Kier alpha value is -3.49. The zero-order chi connectivity index (χ0) is 22.9. The molecule has 0 aliphatic carbocycles. The highest BCUT2D eigenvalue weighted by atomic mass is 32.2. The number of anilines is 1. The van der Waals surface area contributed by atoms with Crippen LogP contribution < -0.4 is 10.9 Å². The van der Waals surface area contributed by atoms with E-state index in [1.54, 1.807) is 30.5 Å². The van der Waals surface area contributed by atoms with Crippen molar-refractivity contribution in [3.8, 4) is 10.6 Å². The molecule has 6 nitrogen and oxygen atoms in total. The second-order valence-corrected chi connectivity index (χ2v) is 9.65. The first kappa shape index (κ1) is 21.4. The van der Waals surface area contributed by atoms with Crippen LogP contribution in [0.1, 0.15) is 5.56 Å². The van der Waals surface area contributed by atoms with Crippen molar-refractivity contribution >= 4 is 55.8 Å². The van der Waals surface area contributed by atoms with Crippen LogP contribution in [0.5, 0.6) is 0 Å². The van der Waals surface area contributed by atoms with Gasteiger partial charge < -0.3 is 5.32 Å². The van der Waals surface area contributed by atoms with Crippen LogP contribution in [-0.4, -0.2) is 26.2 Å². The van der Waals surface area contributed by atoms with E-state index in [0.717, 1.165) is 20.8 Å². The Labute approximate surface area is 198 Å². The van der Waals surface area contributed by atoms with Crippen LogP contribution in [0.2, 0.25) is 0 Å². The second kappa shape index (κ2) is 8.80. The number of fused-ring (bicyclic) bond motifs is 2. The molecule has 5 aromatic rings. The first-order valence-electron chi connectivity index (χ1n) is 10.3. The minimum Gasteiger partial charge on any atom is -0.325 e. The molecule has 2 heterocycles. The average Bonchev–Trinajstić information content (AvgIpc) is 3.24. The van der Waals surface area contributed by atoms with Gasteiger partial charge in [-0.05, 0) is 61.0 Å². The number of para-hydroxylation sites is 1. The van der Waals surface area contributed by atoms with Gasteiger partial charge in [0.1, 0.15) is 5.01 Å². The predicted molar refractivity (Wildman–Crippen MR) is 136 cm³/mol. The number of nitrogens with one attached hydrogen (secondary N) is 1. The molecule has 3 aromatic carbocycles. The molecule has 33 heavy (non-hydrogen) atoms. The summed E-state index contributed by atoms with van der Waals surface area (Å²) in [5, 5.41) is 4.93. The van der Waals surface area contributed by atoms with Crippen LogP contribution in [0, 0.1) is 6.92 Å². The molecule has 0 radical (unpaired) electrons. The van der Waals surface area contributed by atoms with Gasteiger partial charge in [-0.15, -0.1) is 11.3 Å². The molecule has 0 aliphatic rings. The van der Waals surface area contributed by atoms with Crippen LogP contribution in [0.25, 0.3) is 31.7 Å². The van der Waals surface area contributed by atoms with E-state index in [1.807, 2.05) is 42.5 Å². The van der Waals surface area contributed by atoms with Crippen LogP contribution >= 0.6 is 23.1 Å². The Balaban J connectivity index is 1.26. The third-order valence-corrected chi connectivity index (χ3v) is 7.33. The van der Waals surface area contributed by atoms with Crippen LogP contribution in [-0.2, 0) is 11.8 Å². The van der Waals surface area contributed by atoms with Gasteiger partial charge in [0.15, 0.2) is 5.16 Å². The molecule has 0 saturated heterocycles. The van der Waals surface area contributed by atoms with Crippen molar-refractivity contribution in [1.82, 2.24) is 14.5 Å². The zero-order valence-corrected chi connectivity index (χ0v) is 19.7. The molecule has 1 amide bonds. The third-order valence-electron chi connectivity index (χ3n) is 5.23. The lowest BCUT2D eigenvalue weighted by molar-refractivity contribution is -0.113. The fourth-order valence-corrected chi connectivity index (χ4v) is 5.35. The van der Waals surface area contributed by atoms with Crippen LogP contribution in [0.15, 0.2) is 76.7 Å². The summed E-state index contributed by atoms with van der Waals surface area (Å²) in [4.78, 5) is 34.2. The SMILES string of the molecule is Cc1ccc2nc(-c3ccc(NC(=O)CSc4nc5ccccc5c(=O)n4C)cc3)sc2c1. The normalized spacial score (nSPS) is 11.2. The maximum atomic E-state index is 12.5. The molecule has 0 bridgehead atoms. The fraction of sp³-hybridized carbons (Fsp3) is 0.120. The molecular weight excluding hydrogens is 452 g/mol. The lowest BCUT2D eigenvalue weighted by Gasteiger charge is -2.09. The molecule has 1 N–H and O–H groups in total. The first-order valence-corrected chi connectivity index (χ1v) is 12.1. The monoisotopic (exact) mass is 472 g/mol.